The third-order valence-corrected chi connectivity index (χ3v) is 4.09. The molecule has 0 atom stereocenters. The average molecular weight is 418 g/mol. The van der Waals surface area contributed by atoms with Gasteiger partial charge >= 0.3 is 18.7 Å². The maximum absolute atomic E-state index is 12.4. The van der Waals surface area contributed by atoms with Crippen LogP contribution in [0.2, 0.25) is 0 Å². The van der Waals surface area contributed by atoms with Gasteiger partial charge in [0.15, 0.2) is 0 Å². The third-order valence-electron chi connectivity index (χ3n) is 4.09. The van der Waals surface area contributed by atoms with Gasteiger partial charge in [0.05, 0.1) is 5.69 Å². The molecule has 2 heterocycles. The number of carbonyl (C=O) groups is 1. The molecule has 2 N–H and O–H groups in total. The molecular weight excluding hydrogens is 399 g/mol. The lowest BCUT2D eigenvalue weighted by Crippen LogP contribution is -2.21. The standard InChI is InChI=1S/C16H18F2N4.C2HF3O2/c1-11-7-13-8-12(3-4-15(13)21(11)2)9-19-10-14-5-6-22(20-14)16(17)18;3-2(4,5)1(6)7/h3-8,16,19H,9-10H2,1-2H3;(H,6,7). The Bertz CT molecular complexity index is 978. The zero-order chi connectivity index (χ0) is 21.8. The van der Waals surface area contributed by atoms with E-state index in [-0.39, 0.29) is 0 Å². The van der Waals surface area contributed by atoms with E-state index in [4.69, 9.17) is 9.90 Å². The van der Waals surface area contributed by atoms with Gasteiger partial charge in [0, 0.05) is 42.9 Å². The van der Waals surface area contributed by atoms with E-state index in [1.54, 1.807) is 6.07 Å². The van der Waals surface area contributed by atoms with Gasteiger partial charge in [0.2, 0.25) is 0 Å². The summed E-state index contributed by atoms with van der Waals surface area (Å²) in [5.74, 6) is -2.76. The molecule has 0 aliphatic carbocycles. The molecule has 0 spiro atoms. The van der Waals surface area contributed by atoms with Crippen molar-refractivity contribution in [2.75, 3.05) is 0 Å². The number of benzene rings is 1. The molecule has 2 aromatic heterocycles. The number of nitrogens with one attached hydrogen (secondary N) is 1. The molecule has 0 radical (unpaired) electrons. The average Bonchev–Trinajstić information content (AvgIpc) is 3.20. The number of nitrogens with zero attached hydrogens (tertiary/aromatic N) is 3. The lowest BCUT2D eigenvalue weighted by molar-refractivity contribution is -0.192. The molecule has 0 fully saturated rings. The highest BCUT2D eigenvalue weighted by Crippen LogP contribution is 2.20. The molecule has 158 valence electrons. The minimum Gasteiger partial charge on any atom is -0.475 e. The Morgan fingerprint density at radius 3 is 2.41 bits per heavy atom. The number of rotatable bonds is 5. The Morgan fingerprint density at radius 2 is 1.86 bits per heavy atom. The van der Waals surface area contributed by atoms with Crippen LogP contribution in [-0.2, 0) is 24.9 Å². The first-order valence-corrected chi connectivity index (χ1v) is 8.37. The van der Waals surface area contributed by atoms with Crippen molar-refractivity contribution in [3.63, 3.8) is 0 Å². The van der Waals surface area contributed by atoms with Crippen LogP contribution in [0, 0.1) is 6.92 Å². The van der Waals surface area contributed by atoms with Crippen LogP contribution in [0.4, 0.5) is 22.0 Å². The Morgan fingerprint density at radius 1 is 1.21 bits per heavy atom. The maximum atomic E-state index is 12.4. The first kappa shape index (κ1) is 22.3. The number of alkyl halides is 5. The van der Waals surface area contributed by atoms with E-state index in [1.807, 2.05) is 0 Å². The van der Waals surface area contributed by atoms with Gasteiger partial charge in [-0.2, -0.15) is 27.1 Å². The minimum absolute atomic E-state index is 0.464. The van der Waals surface area contributed by atoms with Crippen LogP contribution in [-0.4, -0.2) is 31.6 Å². The van der Waals surface area contributed by atoms with Crippen LogP contribution in [0.25, 0.3) is 10.9 Å². The van der Waals surface area contributed by atoms with Crippen molar-refractivity contribution < 1.29 is 31.9 Å². The van der Waals surface area contributed by atoms with Gasteiger partial charge in [-0.05, 0) is 36.8 Å². The fourth-order valence-corrected chi connectivity index (χ4v) is 2.56. The quantitative estimate of drug-likeness (QED) is 0.615. The lowest BCUT2D eigenvalue weighted by atomic mass is 10.1. The van der Waals surface area contributed by atoms with Gasteiger partial charge in [-0.3, -0.25) is 0 Å². The molecule has 0 saturated carbocycles. The van der Waals surface area contributed by atoms with Crippen molar-refractivity contribution in [3.8, 4) is 0 Å². The second-order valence-electron chi connectivity index (χ2n) is 6.21. The van der Waals surface area contributed by atoms with Gasteiger partial charge in [0.1, 0.15) is 0 Å². The Balaban J connectivity index is 0.000000370. The van der Waals surface area contributed by atoms with Gasteiger partial charge < -0.3 is 15.0 Å². The van der Waals surface area contributed by atoms with Crippen LogP contribution < -0.4 is 5.32 Å². The number of carboxylic acids is 1. The lowest BCUT2D eigenvalue weighted by Gasteiger charge is -2.05. The van der Waals surface area contributed by atoms with E-state index < -0.39 is 18.7 Å². The largest absolute Gasteiger partial charge is 0.490 e. The summed E-state index contributed by atoms with van der Waals surface area (Å²) in [5, 5.41) is 15.4. The van der Waals surface area contributed by atoms with E-state index >= 15 is 0 Å². The van der Waals surface area contributed by atoms with Gasteiger partial charge in [-0.15, -0.1) is 0 Å². The number of fused-ring (bicyclic) bond motifs is 1. The zero-order valence-electron chi connectivity index (χ0n) is 15.5. The number of hydrogen-bond donors (Lipinski definition) is 2. The first-order chi connectivity index (χ1) is 13.5. The Labute approximate surface area is 162 Å². The predicted molar refractivity (Wildman–Crippen MR) is 95.4 cm³/mol. The van der Waals surface area contributed by atoms with E-state index in [9.17, 15) is 22.0 Å². The van der Waals surface area contributed by atoms with Crippen molar-refractivity contribution in [1.29, 1.82) is 0 Å². The van der Waals surface area contributed by atoms with Crippen LogP contribution in [0.5, 0.6) is 0 Å². The first-order valence-electron chi connectivity index (χ1n) is 8.37. The van der Waals surface area contributed by atoms with Crippen molar-refractivity contribution in [3.05, 3.63) is 53.5 Å². The second kappa shape index (κ2) is 9.03. The van der Waals surface area contributed by atoms with E-state index in [1.165, 1.54) is 22.8 Å². The summed E-state index contributed by atoms with van der Waals surface area (Å²) in [6, 6.07) is 10.1. The Hall–Kier alpha value is -2.95. The molecule has 0 bridgehead atoms. The number of carboxylic acid groups (broad SMARTS) is 1. The van der Waals surface area contributed by atoms with E-state index in [0.717, 1.165) is 5.56 Å². The summed E-state index contributed by atoms with van der Waals surface area (Å²) in [7, 11) is 2.05. The highest BCUT2D eigenvalue weighted by molar-refractivity contribution is 5.82. The number of hydrogen-bond acceptors (Lipinski definition) is 3. The summed E-state index contributed by atoms with van der Waals surface area (Å²) in [6.07, 6.45) is -3.79. The highest BCUT2D eigenvalue weighted by Gasteiger charge is 2.38. The molecule has 11 heteroatoms. The number of aryl methyl sites for hydroxylation is 2. The zero-order valence-corrected chi connectivity index (χ0v) is 15.5. The molecule has 0 aliphatic rings. The number of halogens is 5. The molecule has 0 unspecified atom stereocenters. The summed E-state index contributed by atoms with van der Waals surface area (Å²) in [6.45, 7) is 0.631. The van der Waals surface area contributed by atoms with Crippen LogP contribution >= 0.6 is 0 Å². The number of aromatic nitrogens is 3. The SMILES string of the molecule is Cc1cc2cc(CNCc3ccn(C(F)F)n3)ccc2n1C.O=C(O)C(F)(F)F. The number of aliphatic carboxylic acids is 1. The van der Waals surface area contributed by atoms with Gasteiger partial charge in [-0.25, -0.2) is 9.48 Å². The third kappa shape index (κ3) is 6.01. The molecule has 0 saturated heterocycles. The molecule has 1 aromatic carbocycles. The summed E-state index contributed by atoms with van der Waals surface area (Å²) in [5.41, 5.74) is 4.19. The fourth-order valence-electron chi connectivity index (χ4n) is 2.56. The van der Waals surface area contributed by atoms with Crippen molar-refractivity contribution in [1.82, 2.24) is 19.7 Å². The molecule has 0 aliphatic heterocycles. The van der Waals surface area contributed by atoms with Crippen molar-refractivity contribution in [2.24, 2.45) is 7.05 Å². The van der Waals surface area contributed by atoms with Crippen molar-refractivity contribution in [2.45, 2.75) is 32.7 Å². The van der Waals surface area contributed by atoms with Gasteiger partial charge in [0.25, 0.3) is 0 Å². The second-order valence-corrected chi connectivity index (χ2v) is 6.21. The molecule has 0 amide bonds. The minimum atomic E-state index is -5.08. The normalized spacial score (nSPS) is 11.6. The Kier molecular flexibility index (Phi) is 6.96. The molecule has 6 nitrogen and oxygen atoms in total. The molecular formula is C18H19F5N4O2. The summed E-state index contributed by atoms with van der Waals surface area (Å²) >= 11 is 0. The summed E-state index contributed by atoms with van der Waals surface area (Å²) in [4.78, 5) is 8.90. The predicted octanol–water partition coefficient (Wildman–Crippen LogP) is 4.00. The van der Waals surface area contributed by atoms with Crippen LogP contribution in [0.3, 0.4) is 0 Å². The molecule has 3 aromatic rings. The van der Waals surface area contributed by atoms with E-state index in [2.05, 4.69) is 53.2 Å². The monoisotopic (exact) mass is 418 g/mol. The summed E-state index contributed by atoms with van der Waals surface area (Å²) < 4.78 is 59.4. The van der Waals surface area contributed by atoms with Crippen molar-refractivity contribution >= 4 is 16.9 Å². The molecule has 3 rings (SSSR count). The fraction of sp³-hybridized carbons (Fsp3) is 0.333. The van der Waals surface area contributed by atoms with Crippen LogP contribution in [0.1, 0.15) is 23.5 Å². The van der Waals surface area contributed by atoms with Crippen LogP contribution in [0.15, 0.2) is 36.5 Å². The van der Waals surface area contributed by atoms with E-state index in [0.29, 0.717) is 23.5 Å². The smallest absolute Gasteiger partial charge is 0.475 e. The van der Waals surface area contributed by atoms with Gasteiger partial charge in [-0.1, -0.05) is 6.07 Å². The highest BCUT2D eigenvalue weighted by atomic mass is 19.4. The molecule has 29 heavy (non-hydrogen) atoms. The maximum Gasteiger partial charge on any atom is 0.490 e. The topological polar surface area (TPSA) is 72.1 Å².